The molecule has 0 saturated carbocycles. The molecule has 1 unspecified atom stereocenters. The Bertz CT molecular complexity index is 616. The molecule has 1 aromatic rings. The number of nitrogens with zero attached hydrogens (tertiary/aromatic N) is 1. The van der Waals surface area contributed by atoms with Gasteiger partial charge in [-0.05, 0) is 6.92 Å². The second-order valence-electron chi connectivity index (χ2n) is 4.12. The number of aromatic amines is 1. The summed E-state index contributed by atoms with van der Waals surface area (Å²) in [4.78, 5) is 24.0. The maximum absolute atomic E-state index is 12.3. The van der Waals surface area contributed by atoms with Gasteiger partial charge in [-0.2, -0.15) is 4.31 Å². The molecular formula is C10H16N2O5S2. The number of nitrogens with one attached hydrogen (secondary N) is 1. The Morgan fingerprint density at radius 1 is 1.53 bits per heavy atom. The average molecular weight is 308 g/mol. The zero-order valence-electron chi connectivity index (χ0n) is 10.8. The maximum atomic E-state index is 12.3. The molecule has 7 nitrogen and oxygen atoms in total. The first-order chi connectivity index (χ1) is 8.70. The minimum Gasteiger partial charge on any atom is -0.481 e. The number of carbonyl (C=O) groups is 1. The topological polar surface area (TPSA) is 108 Å². The fraction of sp³-hybridized carbons (Fsp3) is 0.600. The molecule has 0 bridgehead atoms. The molecule has 0 fully saturated rings. The van der Waals surface area contributed by atoms with Gasteiger partial charge in [0.25, 0.3) is 10.0 Å². The van der Waals surface area contributed by atoms with E-state index in [2.05, 4.69) is 4.98 Å². The summed E-state index contributed by atoms with van der Waals surface area (Å²) in [6, 6.07) is 0. The molecule has 0 amide bonds. The van der Waals surface area contributed by atoms with E-state index in [1.54, 1.807) is 6.92 Å². The first-order valence-corrected chi connectivity index (χ1v) is 7.88. The van der Waals surface area contributed by atoms with Crippen LogP contribution < -0.4 is 4.87 Å². The van der Waals surface area contributed by atoms with E-state index in [0.29, 0.717) is 11.3 Å². The summed E-state index contributed by atoms with van der Waals surface area (Å²) in [6.07, 6.45) is 0. The lowest BCUT2D eigenvalue weighted by Gasteiger charge is -2.21. The Kier molecular flexibility index (Phi) is 4.88. The summed E-state index contributed by atoms with van der Waals surface area (Å²) in [5.74, 6) is -1.88. The van der Waals surface area contributed by atoms with E-state index in [1.165, 1.54) is 13.8 Å². The highest BCUT2D eigenvalue weighted by molar-refractivity contribution is 7.91. The molecule has 1 rings (SSSR count). The van der Waals surface area contributed by atoms with Crippen molar-refractivity contribution in [2.24, 2.45) is 5.92 Å². The maximum Gasteiger partial charge on any atom is 0.307 e. The van der Waals surface area contributed by atoms with Gasteiger partial charge >= 0.3 is 10.8 Å². The van der Waals surface area contributed by atoms with E-state index < -0.39 is 26.8 Å². The molecule has 1 heterocycles. The number of carboxylic acids is 1. The third-order valence-corrected chi connectivity index (χ3v) is 6.13. The average Bonchev–Trinajstić information content (AvgIpc) is 2.65. The molecule has 2 N–H and O–H groups in total. The molecule has 1 aromatic heterocycles. The number of hydrogen-bond donors (Lipinski definition) is 2. The van der Waals surface area contributed by atoms with Crippen LogP contribution in [0.3, 0.4) is 0 Å². The minimum absolute atomic E-state index is 0.0584. The Morgan fingerprint density at radius 3 is 2.47 bits per heavy atom. The molecule has 0 aliphatic rings. The molecule has 19 heavy (non-hydrogen) atoms. The van der Waals surface area contributed by atoms with Crippen molar-refractivity contribution in [3.8, 4) is 0 Å². The van der Waals surface area contributed by atoms with E-state index >= 15 is 0 Å². The molecule has 0 radical (unpaired) electrons. The predicted octanol–water partition coefficient (Wildman–Crippen LogP) is 0.476. The van der Waals surface area contributed by atoms with Crippen LogP contribution in [0.2, 0.25) is 0 Å². The van der Waals surface area contributed by atoms with Crippen molar-refractivity contribution in [3.63, 3.8) is 0 Å². The number of aryl methyl sites for hydroxylation is 1. The lowest BCUT2D eigenvalue weighted by molar-refractivity contribution is -0.141. The van der Waals surface area contributed by atoms with E-state index in [0.717, 1.165) is 4.31 Å². The van der Waals surface area contributed by atoms with Crippen LogP contribution in [0.5, 0.6) is 0 Å². The van der Waals surface area contributed by atoms with E-state index in [-0.39, 0.29) is 23.0 Å². The van der Waals surface area contributed by atoms with Gasteiger partial charge in [0.2, 0.25) is 0 Å². The smallest absolute Gasteiger partial charge is 0.307 e. The summed E-state index contributed by atoms with van der Waals surface area (Å²) in [5, 5.41) is 8.85. The number of rotatable bonds is 6. The van der Waals surface area contributed by atoms with Crippen LogP contribution in [0.4, 0.5) is 0 Å². The number of thiazole rings is 1. The van der Waals surface area contributed by atoms with Crippen LogP contribution in [-0.4, -0.2) is 41.9 Å². The Hall–Kier alpha value is -1.19. The normalized spacial score (nSPS) is 13.7. The van der Waals surface area contributed by atoms with Crippen LogP contribution in [0.15, 0.2) is 9.00 Å². The molecular weight excluding hydrogens is 292 g/mol. The minimum atomic E-state index is -3.83. The van der Waals surface area contributed by atoms with Crippen molar-refractivity contribution in [3.05, 3.63) is 15.4 Å². The standard InChI is InChI=1S/C10H16N2O5S2/c1-4-12(5-6(2)8(13)14)19(16,17)9-7(3)11-10(15)18-9/h6H,4-5H2,1-3H3,(H,11,15)(H,13,14). The van der Waals surface area contributed by atoms with Crippen LogP contribution in [0.1, 0.15) is 19.5 Å². The highest BCUT2D eigenvalue weighted by atomic mass is 32.2. The van der Waals surface area contributed by atoms with Crippen molar-refractivity contribution >= 4 is 27.3 Å². The van der Waals surface area contributed by atoms with Gasteiger partial charge in [-0.3, -0.25) is 9.59 Å². The summed E-state index contributed by atoms with van der Waals surface area (Å²) >= 11 is 0.612. The van der Waals surface area contributed by atoms with Crippen LogP contribution in [0, 0.1) is 12.8 Å². The van der Waals surface area contributed by atoms with Crippen LogP contribution in [-0.2, 0) is 14.8 Å². The second kappa shape index (κ2) is 5.85. The molecule has 0 saturated heterocycles. The highest BCUT2D eigenvalue weighted by Gasteiger charge is 2.30. The summed E-state index contributed by atoms with van der Waals surface area (Å²) < 4.78 is 25.7. The van der Waals surface area contributed by atoms with Gasteiger partial charge in [0.1, 0.15) is 0 Å². The number of hydrogen-bond acceptors (Lipinski definition) is 5. The van der Waals surface area contributed by atoms with Gasteiger partial charge < -0.3 is 10.1 Å². The van der Waals surface area contributed by atoms with E-state index in [9.17, 15) is 18.0 Å². The zero-order valence-corrected chi connectivity index (χ0v) is 12.5. The van der Waals surface area contributed by atoms with Crippen molar-refractivity contribution in [1.29, 1.82) is 0 Å². The summed E-state index contributed by atoms with van der Waals surface area (Å²) in [6.45, 7) is 4.58. The van der Waals surface area contributed by atoms with Crippen molar-refractivity contribution < 1.29 is 18.3 Å². The molecule has 108 valence electrons. The Balaban J connectivity index is 3.13. The quantitative estimate of drug-likeness (QED) is 0.794. The van der Waals surface area contributed by atoms with Gasteiger partial charge in [-0.1, -0.05) is 25.2 Å². The fourth-order valence-electron chi connectivity index (χ4n) is 1.53. The number of carboxylic acid groups (broad SMARTS) is 1. The third kappa shape index (κ3) is 3.43. The zero-order chi connectivity index (χ0) is 14.8. The molecule has 0 aliphatic carbocycles. The van der Waals surface area contributed by atoms with Gasteiger partial charge in [0, 0.05) is 18.8 Å². The molecule has 1 atom stereocenters. The first-order valence-electron chi connectivity index (χ1n) is 5.62. The molecule has 0 aromatic carbocycles. The number of sulfonamides is 1. The second-order valence-corrected chi connectivity index (χ2v) is 7.24. The lowest BCUT2D eigenvalue weighted by atomic mass is 10.2. The van der Waals surface area contributed by atoms with Gasteiger partial charge in [0.05, 0.1) is 5.92 Å². The Morgan fingerprint density at radius 2 is 2.11 bits per heavy atom. The number of H-pyrrole nitrogens is 1. The summed E-state index contributed by atoms with van der Waals surface area (Å²) in [5.41, 5.74) is 0.274. The van der Waals surface area contributed by atoms with E-state index in [4.69, 9.17) is 5.11 Å². The van der Waals surface area contributed by atoms with Crippen LogP contribution in [0.25, 0.3) is 0 Å². The number of aromatic nitrogens is 1. The first kappa shape index (κ1) is 15.9. The molecule has 9 heteroatoms. The van der Waals surface area contributed by atoms with Crippen molar-refractivity contribution in [1.82, 2.24) is 9.29 Å². The predicted molar refractivity (Wildman–Crippen MR) is 70.9 cm³/mol. The fourth-order valence-corrected chi connectivity index (χ4v) is 4.51. The van der Waals surface area contributed by atoms with Gasteiger partial charge in [-0.25, -0.2) is 8.42 Å². The molecule has 0 aliphatic heterocycles. The third-order valence-electron chi connectivity index (χ3n) is 2.61. The van der Waals surface area contributed by atoms with E-state index in [1.807, 2.05) is 0 Å². The highest BCUT2D eigenvalue weighted by Crippen LogP contribution is 2.21. The van der Waals surface area contributed by atoms with Gasteiger partial charge in [0.15, 0.2) is 4.21 Å². The van der Waals surface area contributed by atoms with Crippen LogP contribution >= 0.6 is 11.3 Å². The SMILES string of the molecule is CCN(CC(C)C(=O)O)S(=O)(=O)c1sc(=O)[nH]c1C. The Labute approximate surface area is 114 Å². The molecule has 0 spiro atoms. The monoisotopic (exact) mass is 308 g/mol. The van der Waals surface area contributed by atoms with Crippen molar-refractivity contribution in [2.45, 2.75) is 25.0 Å². The summed E-state index contributed by atoms with van der Waals surface area (Å²) in [7, 11) is -3.83. The number of aliphatic carboxylic acids is 1. The lowest BCUT2D eigenvalue weighted by Crippen LogP contribution is -2.36. The van der Waals surface area contributed by atoms with Gasteiger partial charge in [-0.15, -0.1) is 0 Å². The largest absolute Gasteiger partial charge is 0.481 e. The van der Waals surface area contributed by atoms with Crippen molar-refractivity contribution in [2.75, 3.05) is 13.1 Å².